The Balaban J connectivity index is 1.88. The van der Waals surface area contributed by atoms with Crippen LogP contribution in [0.1, 0.15) is 6.92 Å². The molecule has 110 valence electrons. The van der Waals surface area contributed by atoms with E-state index in [1.54, 1.807) is 0 Å². The number of nitrogens with zero attached hydrogens (tertiary/aromatic N) is 2. The predicted molar refractivity (Wildman–Crippen MR) is 81.5 cm³/mol. The molecule has 6 nitrogen and oxygen atoms in total. The molecule has 0 spiro atoms. The first-order valence-electron chi connectivity index (χ1n) is 6.94. The Morgan fingerprint density at radius 1 is 1.35 bits per heavy atom. The number of morpholine rings is 1. The number of aliphatic imine (C=N–C) groups is 1. The number of anilines is 1. The third-order valence-electron chi connectivity index (χ3n) is 3.15. The summed E-state index contributed by atoms with van der Waals surface area (Å²) in [4.78, 5) is 6.93. The fourth-order valence-corrected chi connectivity index (χ4v) is 2.18. The second-order valence-electron chi connectivity index (χ2n) is 4.88. The lowest BCUT2D eigenvalue weighted by atomic mass is 10.3. The quantitative estimate of drug-likeness (QED) is 0.326. The lowest BCUT2D eigenvalue weighted by Crippen LogP contribution is -2.42. The molecule has 2 rings (SSSR count). The highest BCUT2D eigenvalue weighted by atomic mass is 16.5. The van der Waals surface area contributed by atoms with Crippen molar-refractivity contribution in [3.05, 3.63) is 30.3 Å². The Labute approximate surface area is 120 Å². The van der Waals surface area contributed by atoms with Crippen LogP contribution in [0, 0.1) is 0 Å². The van der Waals surface area contributed by atoms with Crippen LogP contribution >= 0.6 is 0 Å². The molecule has 6 heteroatoms. The van der Waals surface area contributed by atoms with Crippen molar-refractivity contribution in [2.45, 2.75) is 13.0 Å². The molecule has 1 saturated heterocycles. The molecule has 0 amide bonds. The molecule has 20 heavy (non-hydrogen) atoms. The molecule has 1 aromatic rings. The van der Waals surface area contributed by atoms with Crippen molar-refractivity contribution in [2.24, 2.45) is 10.8 Å². The third-order valence-corrected chi connectivity index (χ3v) is 3.15. The molecule has 1 atom stereocenters. The van der Waals surface area contributed by atoms with Crippen molar-refractivity contribution in [3.8, 4) is 0 Å². The standard InChI is InChI=1S/C14H23N5O/c1-12(11-19-7-9-20-10-8-19)16-14(18-15)17-13-5-3-2-4-6-13/h2-6,12H,7-11,15H2,1H3,(H2,16,17,18). The number of hydrazine groups is 1. The van der Waals surface area contributed by atoms with Crippen LogP contribution in [0.4, 0.5) is 5.69 Å². The summed E-state index contributed by atoms with van der Waals surface area (Å²) < 4.78 is 5.34. The molecule has 0 radical (unpaired) electrons. The fraction of sp³-hybridized carbons (Fsp3) is 0.500. The van der Waals surface area contributed by atoms with E-state index in [0.29, 0.717) is 5.96 Å². The van der Waals surface area contributed by atoms with Gasteiger partial charge in [-0.2, -0.15) is 0 Å². The number of ether oxygens (including phenoxy) is 1. The van der Waals surface area contributed by atoms with E-state index in [4.69, 9.17) is 10.6 Å². The van der Waals surface area contributed by atoms with Gasteiger partial charge in [0, 0.05) is 25.3 Å². The van der Waals surface area contributed by atoms with Crippen LogP contribution in [0.3, 0.4) is 0 Å². The van der Waals surface area contributed by atoms with Crippen molar-refractivity contribution in [3.63, 3.8) is 0 Å². The zero-order valence-electron chi connectivity index (χ0n) is 11.9. The van der Waals surface area contributed by atoms with Crippen molar-refractivity contribution in [2.75, 3.05) is 38.2 Å². The predicted octanol–water partition coefficient (Wildman–Crippen LogP) is 0.639. The summed E-state index contributed by atoms with van der Waals surface area (Å²) in [6.07, 6.45) is 0. The summed E-state index contributed by atoms with van der Waals surface area (Å²) >= 11 is 0. The Morgan fingerprint density at radius 3 is 2.70 bits per heavy atom. The number of rotatable bonds is 4. The van der Waals surface area contributed by atoms with Gasteiger partial charge in [-0.05, 0) is 19.1 Å². The van der Waals surface area contributed by atoms with Crippen LogP contribution in [-0.4, -0.2) is 49.7 Å². The smallest absolute Gasteiger partial charge is 0.210 e. The van der Waals surface area contributed by atoms with E-state index in [9.17, 15) is 0 Å². The molecule has 1 aliphatic rings. The molecule has 0 aromatic heterocycles. The Hall–Kier alpha value is -1.63. The highest BCUT2D eigenvalue weighted by molar-refractivity contribution is 5.93. The van der Waals surface area contributed by atoms with Gasteiger partial charge in [-0.3, -0.25) is 10.3 Å². The minimum atomic E-state index is 0.162. The summed E-state index contributed by atoms with van der Waals surface area (Å²) in [6, 6.07) is 10.0. The van der Waals surface area contributed by atoms with Crippen LogP contribution in [0.5, 0.6) is 0 Å². The maximum atomic E-state index is 5.53. The molecule has 0 bridgehead atoms. The van der Waals surface area contributed by atoms with Gasteiger partial charge in [-0.25, -0.2) is 10.8 Å². The zero-order valence-corrected chi connectivity index (χ0v) is 11.9. The van der Waals surface area contributed by atoms with Crippen molar-refractivity contribution in [1.82, 2.24) is 10.3 Å². The normalized spacial score (nSPS) is 18.6. The molecule has 4 N–H and O–H groups in total. The molecule has 0 saturated carbocycles. The first kappa shape index (κ1) is 14.8. The minimum Gasteiger partial charge on any atom is -0.379 e. The number of hydrogen-bond donors (Lipinski definition) is 3. The van der Waals surface area contributed by atoms with E-state index in [1.807, 2.05) is 30.3 Å². The zero-order chi connectivity index (χ0) is 14.2. The molecule has 1 aliphatic heterocycles. The SMILES string of the molecule is CC(CN1CCOCC1)N=C(NN)Nc1ccccc1. The van der Waals surface area contributed by atoms with Gasteiger partial charge < -0.3 is 10.1 Å². The number of benzene rings is 1. The number of nitrogens with one attached hydrogen (secondary N) is 2. The molecule has 0 aliphatic carbocycles. The maximum absolute atomic E-state index is 5.53. The van der Waals surface area contributed by atoms with Gasteiger partial charge >= 0.3 is 0 Å². The molecule has 1 heterocycles. The van der Waals surface area contributed by atoms with Crippen LogP contribution < -0.4 is 16.6 Å². The van der Waals surface area contributed by atoms with E-state index >= 15 is 0 Å². The Bertz CT molecular complexity index is 417. The van der Waals surface area contributed by atoms with Gasteiger partial charge in [0.1, 0.15) is 0 Å². The lowest BCUT2D eigenvalue weighted by molar-refractivity contribution is 0.0361. The second-order valence-corrected chi connectivity index (χ2v) is 4.88. The molecule has 1 unspecified atom stereocenters. The van der Waals surface area contributed by atoms with E-state index in [2.05, 4.69) is 27.6 Å². The number of hydrogen-bond acceptors (Lipinski definition) is 4. The largest absolute Gasteiger partial charge is 0.379 e. The monoisotopic (exact) mass is 277 g/mol. The van der Waals surface area contributed by atoms with Gasteiger partial charge in [0.2, 0.25) is 5.96 Å². The third kappa shape index (κ3) is 4.80. The Kier molecular flexibility index (Phi) is 5.79. The van der Waals surface area contributed by atoms with Gasteiger partial charge in [0.15, 0.2) is 0 Å². The summed E-state index contributed by atoms with van der Waals surface area (Å²) in [7, 11) is 0. The van der Waals surface area contributed by atoms with Gasteiger partial charge in [-0.15, -0.1) is 0 Å². The summed E-state index contributed by atoms with van der Waals surface area (Å²) in [5, 5.41) is 3.17. The minimum absolute atomic E-state index is 0.162. The van der Waals surface area contributed by atoms with Crippen LogP contribution in [0.2, 0.25) is 0 Å². The summed E-state index contributed by atoms with van der Waals surface area (Å²) in [6.45, 7) is 6.54. The topological polar surface area (TPSA) is 74.9 Å². The van der Waals surface area contributed by atoms with E-state index < -0.39 is 0 Å². The summed E-state index contributed by atoms with van der Waals surface area (Å²) in [5.74, 6) is 6.11. The van der Waals surface area contributed by atoms with Gasteiger partial charge in [0.05, 0.1) is 19.3 Å². The first-order chi connectivity index (χ1) is 9.78. The van der Waals surface area contributed by atoms with Crippen LogP contribution in [-0.2, 0) is 4.74 Å². The number of guanidine groups is 1. The fourth-order valence-electron chi connectivity index (χ4n) is 2.18. The maximum Gasteiger partial charge on any atom is 0.210 e. The van der Waals surface area contributed by atoms with E-state index in [-0.39, 0.29) is 6.04 Å². The molecule has 1 aromatic carbocycles. The van der Waals surface area contributed by atoms with Crippen LogP contribution in [0.25, 0.3) is 0 Å². The molecular formula is C14H23N5O. The summed E-state index contributed by atoms with van der Waals surface area (Å²) in [5.41, 5.74) is 3.58. The number of nitrogens with two attached hydrogens (primary N) is 1. The van der Waals surface area contributed by atoms with Gasteiger partial charge in [-0.1, -0.05) is 18.2 Å². The highest BCUT2D eigenvalue weighted by Gasteiger charge is 2.13. The average Bonchev–Trinajstić information content (AvgIpc) is 2.48. The molecular weight excluding hydrogens is 254 g/mol. The second kappa shape index (κ2) is 7.84. The number of para-hydroxylation sites is 1. The van der Waals surface area contributed by atoms with Crippen molar-refractivity contribution in [1.29, 1.82) is 0 Å². The van der Waals surface area contributed by atoms with Crippen molar-refractivity contribution < 1.29 is 4.74 Å². The highest BCUT2D eigenvalue weighted by Crippen LogP contribution is 2.05. The first-order valence-corrected chi connectivity index (χ1v) is 6.94. The van der Waals surface area contributed by atoms with E-state index in [0.717, 1.165) is 38.5 Å². The average molecular weight is 277 g/mol. The van der Waals surface area contributed by atoms with E-state index in [1.165, 1.54) is 0 Å². The Morgan fingerprint density at radius 2 is 2.05 bits per heavy atom. The molecule has 1 fully saturated rings. The van der Waals surface area contributed by atoms with Gasteiger partial charge in [0.25, 0.3) is 0 Å². The van der Waals surface area contributed by atoms with Crippen molar-refractivity contribution >= 4 is 11.6 Å². The lowest BCUT2D eigenvalue weighted by Gasteiger charge is -2.28. The van der Waals surface area contributed by atoms with Crippen LogP contribution in [0.15, 0.2) is 35.3 Å².